The summed E-state index contributed by atoms with van der Waals surface area (Å²) in [4.78, 5) is 16.4. The summed E-state index contributed by atoms with van der Waals surface area (Å²) in [5.41, 5.74) is 0. The number of esters is 1. The first-order chi connectivity index (χ1) is 6.27. The van der Waals surface area contributed by atoms with Crippen molar-refractivity contribution >= 4 is 17.3 Å². The Morgan fingerprint density at radius 3 is 2.92 bits per heavy atom. The minimum atomic E-state index is -0.299. The lowest BCUT2D eigenvalue weighted by Gasteiger charge is -1.97. The van der Waals surface area contributed by atoms with Crippen LogP contribution in [0.4, 0.5) is 0 Å². The van der Waals surface area contributed by atoms with Gasteiger partial charge in [0, 0.05) is 11.1 Å². The first kappa shape index (κ1) is 10.2. The largest absolute Gasteiger partial charge is 0.460 e. The van der Waals surface area contributed by atoms with Crippen molar-refractivity contribution in [3.63, 3.8) is 0 Å². The van der Waals surface area contributed by atoms with Crippen molar-refractivity contribution in [1.82, 2.24) is 4.98 Å². The van der Waals surface area contributed by atoms with Gasteiger partial charge in [-0.25, -0.2) is 9.78 Å². The fourth-order valence-electron chi connectivity index (χ4n) is 0.822. The monoisotopic (exact) mass is 199 g/mol. The molecule has 3 nitrogen and oxygen atoms in total. The molecule has 1 heterocycles. The summed E-state index contributed by atoms with van der Waals surface area (Å²) in [5, 5.41) is 0.463. The third-order valence-electron chi connectivity index (χ3n) is 1.51. The first-order valence-corrected chi connectivity index (χ1v) is 5.21. The molecule has 1 rings (SSSR count). The van der Waals surface area contributed by atoms with Crippen LogP contribution in [0, 0.1) is 0 Å². The summed E-state index contributed by atoms with van der Waals surface area (Å²) in [6.45, 7) is 4.47. The van der Waals surface area contributed by atoms with Gasteiger partial charge in [-0.1, -0.05) is 13.8 Å². The number of carbonyl (C=O) groups excluding carboxylic acids is 1. The van der Waals surface area contributed by atoms with E-state index in [-0.39, 0.29) is 5.97 Å². The van der Waals surface area contributed by atoms with E-state index in [2.05, 4.69) is 4.98 Å². The molecule has 0 fully saturated rings. The SMILES string of the molecule is CCCOC(=O)c1ncc(CC)s1. The Labute approximate surface area is 81.8 Å². The molecule has 0 radical (unpaired) electrons. The van der Waals surface area contributed by atoms with Gasteiger partial charge in [-0.15, -0.1) is 11.3 Å². The second kappa shape index (κ2) is 4.97. The number of hydrogen-bond acceptors (Lipinski definition) is 4. The second-order valence-electron chi connectivity index (χ2n) is 2.62. The normalized spacial score (nSPS) is 10.0. The van der Waals surface area contributed by atoms with Gasteiger partial charge in [-0.05, 0) is 12.8 Å². The van der Waals surface area contributed by atoms with Gasteiger partial charge >= 0.3 is 5.97 Å². The fourth-order valence-corrected chi connectivity index (χ4v) is 1.57. The van der Waals surface area contributed by atoms with Crippen LogP contribution in [0.15, 0.2) is 6.20 Å². The Kier molecular flexibility index (Phi) is 3.89. The molecule has 1 aromatic heterocycles. The van der Waals surface area contributed by atoms with Crippen molar-refractivity contribution < 1.29 is 9.53 Å². The molecule has 0 aliphatic heterocycles. The van der Waals surface area contributed by atoms with E-state index in [9.17, 15) is 4.79 Å². The van der Waals surface area contributed by atoms with Crippen molar-refractivity contribution in [1.29, 1.82) is 0 Å². The van der Waals surface area contributed by atoms with E-state index >= 15 is 0 Å². The van der Waals surface area contributed by atoms with Crippen LogP contribution in [0.5, 0.6) is 0 Å². The number of carbonyl (C=O) groups is 1. The van der Waals surface area contributed by atoms with E-state index in [1.165, 1.54) is 11.3 Å². The second-order valence-corrected chi connectivity index (χ2v) is 3.74. The maximum atomic E-state index is 11.3. The van der Waals surface area contributed by atoms with E-state index in [1.807, 2.05) is 13.8 Å². The minimum Gasteiger partial charge on any atom is -0.460 e. The van der Waals surface area contributed by atoms with Crippen LogP contribution in [0.3, 0.4) is 0 Å². The number of rotatable bonds is 4. The predicted octanol–water partition coefficient (Wildman–Crippen LogP) is 2.27. The molecule has 0 aliphatic carbocycles. The smallest absolute Gasteiger partial charge is 0.367 e. The minimum absolute atomic E-state index is 0.299. The van der Waals surface area contributed by atoms with Gasteiger partial charge in [-0.3, -0.25) is 0 Å². The van der Waals surface area contributed by atoms with Crippen molar-refractivity contribution in [2.24, 2.45) is 0 Å². The molecule has 0 saturated carbocycles. The van der Waals surface area contributed by atoms with Gasteiger partial charge in [0.05, 0.1) is 6.61 Å². The average molecular weight is 199 g/mol. The zero-order valence-electron chi connectivity index (χ0n) is 7.87. The van der Waals surface area contributed by atoms with Gasteiger partial charge in [0.1, 0.15) is 0 Å². The van der Waals surface area contributed by atoms with Gasteiger partial charge in [-0.2, -0.15) is 0 Å². The van der Waals surface area contributed by atoms with Crippen molar-refractivity contribution in [3.05, 3.63) is 16.1 Å². The number of hydrogen-bond donors (Lipinski definition) is 0. The number of aryl methyl sites for hydroxylation is 1. The molecule has 0 amide bonds. The molecule has 0 saturated heterocycles. The molecule has 4 heteroatoms. The summed E-state index contributed by atoms with van der Waals surface area (Å²) < 4.78 is 4.94. The Hall–Kier alpha value is -0.900. The van der Waals surface area contributed by atoms with E-state index in [1.54, 1.807) is 6.20 Å². The molecule has 0 aliphatic rings. The van der Waals surface area contributed by atoms with Crippen molar-refractivity contribution in [3.8, 4) is 0 Å². The molecular formula is C9H13NO2S. The Morgan fingerprint density at radius 1 is 1.62 bits per heavy atom. The highest BCUT2D eigenvalue weighted by Gasteiger charge is 2.10. The zero-order chi connectivity index (χ0) is 9.68. The van der Waals surface area contributed by atoms with Crippen LogP contribution in [0.1, 0.15) is 34.9 Å². The summed E-state index contributed by atoms with van der Waals surface area (Å²) in [7, 11) is 0. The van der Waals surface area contributed by atoms with E-state index < -0.39 is 0 Å². The highest BCUT2D eigenvalue weighted by atomic mass is 32.1. The maximum absolute atomic E-state index is 11.3. The maximum Gasteiger partial charge on any atom is 0.367 e. The predicted molar refractivity (Wildman–Crippen MR) is 52.1 cm³/mol. The quantitative estimate of drug-likeness (QED) is 0.698. The van der Waals surface area contributed by atoms with Crippen molar-refractivity contribution in [2.45, 2.75) is 26.7 Å². The average Bonchev–Trinajstić information content (AvgIpc) is 2.62. The van der Waals surface area contributed by atoms with Gasteiger partial charge in [0.15, 0.2) is 0 Å². The number of aromatic nitrogens is 1. The van der Waals surface area contributed by atoms with E-state index in [0.29, 0.717) is 11.6 Å². The lowest BCUT2D eigenvalue weighted by Crippen LogP contribution is -2.04. The topological polar surface area (TPSA) is 39.2 Å². The highest BCUT2D eigenvalue weighted by Crippen LogP contribution is 2.14. The van der Waals surface area contributed by atoms with Gasteiger partial charge in [0.2, 0.25) is 5.01 Å². The molecular weight excluding hydrogens is 186 g/mol. The molecule has 0 atom stereocenters. The Balaban J connectivity index is 2.55. The number of ether oxygens (including phenoxy) is 1. The zero-order valence-corrected chi connectivity index (χ0v) is 8.69. The summed E-state index contributed by atoms with van der Waals surface area (Å²) in [5.74, 6) is -0.299. The Morgan fingerprint density at radius 2 is 2.38 bits per heavy atom. The standard InChI is InChI=1S/C9H13NO2S/c1-3-5-12-9(11)8-10-6-7(4-2)13-8/h6H,3-5H2,1-2H3. The third kappa shape index (κ3) is 2.81. The third-order valence-corrected chi connectivity index (χ3v) is 2.64. The first-order valence-electron chi connectivity index (χ1n) is 4.39. The molecule has 0 N–H and O–H groups in total. The van der Waals surface area contributed by atoms with Crippen LogP contribution in [0.25, 0.3) is 0 Å². The number of thiazole rings is 1. The van der Waals surface area contributed by atoms with Crippen LogP contribution < -0.4 is 0 Å². The molecule has 72 valence electrons. The van der Waals surface area contributed by atoms with Crippen molar-refractivity contribution in [2.75, 3.05) is 6.61 Å². The van der Waals surface area contributed by atoms with E-state index in [0.717, 1.165) is 17.7 Å². The summed E-state index contributed by atoms with van der Waals surface area (Å²) in [6.07, 6.45) is 3.49. The highest BCUT2D eigenvalue weighted by molar-refractivity contribution is 7.13. The molecule has 0 bridgehead atoms. The van der Waals surface area contributed by atoms with Crippen LogP contribution in [-0.4, -0.2) is 17.6 Å². The lowest BCUT2D eigenvalue weighted by atomic mass is 10.4. The summed E-state index contributed by atoms with van der Waals surface area (Å²) in [6, 6.07) is 0. The van der Waals surface area contributed by atoms with Gasteiger partial charge < -0.3 is 4.74 Å². The van der Waals surface area contributed by atoms with Crippen LogP contribution in [-0.2, 0) is 11.2 Å². The number of nitrogens with zero attached hydrogens (tertiary/aromatic N) is 1. The molecule has 0 unspecified atom stereocenters. The van der Waals surface area contributed by atoms with Crippen LogP contribution >= 0.6 is 11.3 Å². The molecule has 0 aromatic carbocycles. The molecule has 13 heavy (non-hydrogen) atoms. The Bertz CT molecular complexity index is 283. The lowest BCUT2D eigenvalue weighted by molar-refractivity contribution is 0.0504. The summed E-state index contributed by atoms with van der Waals surface area (Å²) >= 11 is 1.41. The molecule has 1 aromatic rings. The molecule has 0 spiro atoms. The fraction of sp³-hybridized carbons (Fsp3) is 0.556. The van der Waals surface area contributed by atoms with Gasteiger partial charge in [0.25, 0.3) is 0 Å². The van der Waals surface area contributed by atoms with Crippen LogP contribution in [0.2, 0.25) is 0 Å². The van der Waals surface area contributed by atoms with E-state index in [4.69, 9.17) is 4.74 Å².